The number of hydrogen-bond acceptors (Lipinski definition) is 5. The zero-order valence-corrected chi connectivity index (χ0v) is 20.0. The number of H-pyrrole nitrogens is 1. The van der Waals surface area contributed by atoms with Crippen molar-refractivity contribution in [3.8, 4) is 22.8 Å². The molecule has 3 heterocycles. The Hall–Kier alpha value is -3.84. The van der Waals surface area contributed by atoms with Gasteiger partial charge in [0.25, 0.3) is 5.91 Å². The summed E-state index contributed by atoms with van der Waals surface area (Å²) in [6.07, 6.45) is 5.51. The molecule has 0 aliphatic carbocycles. The van der Waals surface area contributed by atoms with Crippen molar-refractivity contribution < 1.29 is 14.6 Å². The Balaban J connectivity index is 1.58. The Kier molecular flexibility index (Phi) is 6.42. The van der Waals surface area contributed by atoms with Gasteiger partial charge in [-0.3, -0.25) is 14.9 Å². The molecule has 4 aromatic rings. The predicted molar refractivity (Wildman–Crippen MR) is 133 cm³/mol. The summed E-state index contributed by atoms with van der Waals surface area (Å²) in [6, 6.07) is 16.0. The number of nitrogens with zero attached hydrogens (tertiary/aromatic N) is 3. The smallest absolute Gasteiger partial charge is 0.273 e. The third-order valence-corrected chi connectivity index (χ3v) is 6.35. The van der Waals surface area contributed by atoms with Gasteiger partial charge in [-0.05, 0) is 53.9 Å². The topological polar surface area (TPSA) is 91.3 Å². The van der Waals surface area contributed by atoms with Crippen LogP contribution in [0.15, 0.2) is 67.0 Å². The number of nitrogens with one attached hydrogen (secondary N) is 1. The molecule has 5 rings (SSSR count). The van der Waals surface area contributed by atoms with Crippen LogP contribution in [-0.4, -0.2) is 37.7 Å². The summed E-state index contributed by atoms with van der Waals surface area (Å²) in [4.78, 5) is 19.5. The number of phenolic OH excluding ortho intramolecular Hbond substituents is 1. The molecule has 1 unspecified atom stereocenters. The zero-order chi connectivity index (χ0) is 24.4. The molecule has 0 saturated carbocycles. The van der Waals surface area contributed by atoms with E-state index in [1.54, 1.807) is 29.4 Å². The second-order valence-corrected chi connectivity index (χ2v) is 8.93. The summed E-state index contributed by atoms with van der Waals surface area (Å²) in [5.41, 5.74) is 3.89. The highest BCUT2D eigenvalue weighted by atomic mass is 35.5. The van der Waals surface area contributed by atoms with Crippen LogP contribution in [0.2, 0.25) is 5.02 Å². The van der Waals surface area contributed by atoms with Gasteiger partial charge in [-0.15, -0.1) is 0 Å². The lowest BCUT2D eigenvalue weighted by Gasteiger charge is -2.26. The average Bonchev–Trinajstić information content (AvgIpc) is 3.41. The van der Waals surface area contributed by atoms with Gasteiger partial charge in [0, 0.05) is 35.1 Å². The maximum absolute atomic E-state index is 13.5. The molecule has 1 atom stereocenters. The molecule has 0 saturated heterocycles. The summed E-state index contributed by atoms with van der Waals surface area (Å²) >= 11 is 6.22. The summed E-state index contributed by atoms with van der Waals surface area (Å²) < 4.78 is 5.83. The van der Waals surface area contributed by atoms with Crippen molar-refractivity contribution in [1.29, 1.82) is 0 Å². The molecule has 0 bridgehead atoms. The summed E-state index contributed by atoms with van der Waals surface area (Å²) in [6.45, 7) is 3.16. The first kappa shape index (κ1) is 22.9. The van der Waals surface area contributed by atoms with Crippen molar-refractivity contribution in [3.05, 3.63) is 94.4 Å². The van der Waals surface area contributed by atoms with Crippen molar-refractivity contribution in [1.82, 2.24) is 20.1 Å². The van der Waals surface area contributed by atoms with Crippen LogP contribution in [0.4, 0.5) is 0 Å². The number of aromatic nitrogens is 3. The number of aromatic hydroxyl groups is 1. The Morgan fingerprint density at radius 3 is 2.74 bits per heavy atom. The van der Waals surface area contributed by atoms with E-state index in [0.29, 0.717) is 40.7 Å². The van der Waals surface area contributed by atoms with Crippen LogP contribution in [0.3, 0.4) is 0 Å². The SMILES string of the molecule is CCCCOc1ccc(C2c3c(-c4cc(Cl)ccc4O)n[nH]c3C(=O)N2Cc2cccnc2)cc1. The van der Waals surface area contributed by atoms with Crippen LogP contribution in [0.5, 0.6) is 11.5 Å². The standard InChI is InChI=1S/C27H25ClN4O3/c1-2-3-13-35-20-9-6-18(7-10-20)26-23-24(21-14-19(28)8-11-22(21)33)30-31-25(23)27(34)32(26)16-17-5-4-12-29-15-17/h4-12,14-15,26,33H,2-3,13,16H2,1H3,(H,30,31). The van der Waals surface area contributed by atoms with Crippen LogP contribution < -0.4 is 4.74 Å². The Labute approximate surface area is 208 Å². The molecule has 1 aliphatic heterocycles. The van der Waals surface area contributed by atoms with Crippen LogP contribution in [0.25, 0.3) is 11.3 Å². The normalized spacial score (nSPS) is 14.9. The largest absolute Gasteiger partial charge is 0.507 e. The van der Waals surface area contributed by atoms with E-state index in [9.17, 15) is 9.90 Å². The fourth-order valence-electron chi connectivity index (χ4n) is 4.38. The number of carbonyl (C=O) groups excluding carboxylic acids is 1. The van der Waals surface area contributed by atoms with Crippen LogP contribution in [0, 0.1) is 0 Å². The molecular weight excluding hydrogens is 464 g/mol. The minimum Gasteiger partial charge on any atom is -0.507 e. The number of ether oxygens (including phenoxy) is 1. The Morgan fingerprint density at radius 2 is 2.00 bits per heavy atom. The first-order valence-corrected chi connectivity index (χ1v) is 11.9. The molecule has 0 radical (unpaired) electrons. The number of benzene rings is 2. The molecule has 2 aromatic heterocycles. The maximum Gasteiger partial charge on any atom is 0.273 e. The van der Waals surface area contributed by atoms with E-state index >= 15 is 0 Å². The van der Waals surface area contributed by atoms with E-state index in [4.69, 9.17) is 16.3 Å². The molecule has 35 heavy (non-hydrogen) atoms. The minimum atomic E-state index is -0.422. The summed E-state index contributed by atoms with van der Waals surface area (Å²) in [5, 5.41) is 18.4. The maximum atomic E-state index is 13.5. The number of phenols is 1. The lowest BCUT2D eigenvalue weighted by atomic mass is 9.95. The van der Waals surface area contributed by atoms with Crippen molar-refractivity contribution in [2.45, 2.75) is 32.4 Å². The van der Waals surface area contributed by atoms with Gasteiger partial charge < -0.3 is 14.7 Å². The molecule has 8 heteroatoms. The van der Waals surface area contributed by atoms with E-state index in [1.165, 1.54) is 6.07 Å². The molecule has 0 spiro atoms. The Morgan fingerprint density at radius 1 is 1.17 bits per heavy atom. The average molecular weight is 489 g/mol. The van der Waals surface area contributed by atoms with Crippen LogP contribution >= 0.6 is 11.6 Å². The van der Waals surface area contributed by atoms with E-state index in [-0.39, 0.29) is 11.7 Å². The van der Waals surface area contributed by atoms with Gasteiger partial charge in [-0.2, -0.15) is 5.10 Å². The van der Waals surface area contributed by atoms with Crippen molar-refractivity contribution in [3.63, 3.8) is 0 Å². The fraction of sp³-hybridized carbons (Fsp3) is 0.222. The third-order valence-electron chi connectivity index (χ3n) is 6.12. The van der Waals surface area contributed by atoms with Gasteiger partial charge in [0.05, 0.1) is 12.6 Å². The fourth-order valence-corrected chi connectivity index (χ4v) is 4.55. The first-order valence-electron chi connectivity index (χ1n) is 11.6. The predicted octanol–water partition coefficient (Wildman–Crippen LogP) is 5.76. The highest BCUT2D eigenvalue weighted by Crippen LogP contribution is 2.45. The van der Waals surface area contributed by atoms with E-state index in [2.05, 4.69) is 22.1 Å². The molecule has 178 valence electrons. The van der Waals surface area contributed by atoms with Crippen molar-refractivity contribution in [2.75, 3.05) is 6.61 Å². The van der Waals surface area contributed by atoms with Gasteiger partial charge in [-0.1, -0.05) is 43.1 Å². The van der Waals surface area contributed by atoms with E-state index in [0.717, 1.165) is 29.7 Å². The quantitative estimate of drug-likeness (QED) is 0.308. The van der Waals surface area contributed by atoms with Gasteiger partial charge in [0.15, 0.2) is 0 Å². The number of unbranched alkanes of at least 4 members (excludes halogenated alkanes) is 1. The molecule has 2 aromatic carbocycles. The van der Waals surface area contributed by atoms with Gasteiger partial charge in [-0.25, -0.2) is 0 Å². The second-order valence-electron chi connectivity index (χ2n) is 8.49. The number of aromatic amines is 1. The zero-order valence-electron chi connectivity index (χ0n) is 19.2. The second kappa shape index (κ2) is 9.80. The first-order chi connectivity index (χ1) is 17.1. The highest BCUT2D eigenvalue weighted by molar-refractivity contribution is 6.31. The van der Waals surface area contributed by atoms with Crippen molar-refractivity contribution >= 4 is 17.5 Å². The molecule has 1 aliphatic rings. The van der Waals surface area contributed by atoms with Crippen LogP contribution in [-0.2, 0) is 6.54 Å². The van der Waals surface area contributed by atoms with Gasteiger partial charge in [0.1, 0.15) is 22.9 Å². The number of pyridine rings is 1. The third kappa shape index (κ3) is 4.47. The number of fused-ring (bicyclic) bond motifs is 1. The molecule has 0 fully saturated rings. The van der Waals surface area contributed by atoms with E-state index < -0.39 is 6.04 Å². The monoisotopic (exact) mass is 488 g/mol. The number of halogens is 1. The molecule has 2 N–H and O–H groups in total. The number of amides is 1. The molecule has 7 nitrogen and oxygen atoms in total. The van der Waals surface area contributed by atoms with Crippen LogP contribution in [0.1, 0.15) is 53.0 Å². The Bertz CT molecular complexity index is 1340. The van der Waals surface area contributed by atoms with Gasteiger partial charge >= 0.3 is 0 Å². The number of rotatable bonds is 8. The number of hydrogen-bond donors (Lipinski definition) is 2. The highest BCUT2D eigenvalue weighted by Gasteiger charge is 2.42. The lowest BCUT2D eigenvalue weighted by molar-refractivity contribution is 0.0730. The van der Waals surface area contributed by atoms with E-state index in [1.807, 2.05) is 36.4 Å². The molecule has 1 amide bonds. The minimum absolute atomic E-state index is 0.0419. The van der Waals surface area contributed by atoms with Crippen molar-refractivity contribution in [2.24, 2.45) is 0 Å². The lowest BCUT2D eigenvalue weighted by Crippen LogP contribution is -2.29. The number of carbonyl (C=O) groups is 1. The molecular formula is C27H25ClN4O3. The summed E-state index contributed by atoms with van der Waals surface area (Å²) in [7, 11) is 0. The summed E-state index contributed by atoms with van der Waals surface area (Å²) in [5.74, 6) is 0.656. The van der Waals surface area contributed by atoms with Gasteiger partial charge in [0.2, 0.25) is 0 Å².